The number of Topliss-reactive ketones (excluding diaryl/α,β-unsaturated/α-hetero) is 1. The van der Waals surface area contributed by atoms with Crippen LogP contribution < -0.4 is 5.73 Å². The number of benzene rings is 1. The highest BCUT2D eigenvalue weighted by Gasteiger charge is 2.09. The molecule has 0 fully saturated rings. The van der Waals surface area contributed by atoms with Crippen molar-refractivity contribution in [3.05, 3.63) is 36.0 Å². The fourth-order valence-corrected chi connectivity index (χ4v) is 1.53. The summed E-state index contributed by atoms with van der Waals surface area (Å²) in [4.78, 5) is 15.8. The van der Waals surface area contributed by atoms with Gasteiger partial charge in [0.15, 0.2) is 5.78 Å². The molecule has 1 heterocycles. The molecule has 0 aliphatic rings. The van der Waals surface area contributed by atoms with Crippen LogP contribution in [0.3, 0.4) is 0 Å². The van der Waals surface area contributed by atoms with E-state index in [1.165, 1.54) is 0 Å². The van der Waals surface area contributed by atoms with Gasteiger partial charge in [-0.1, -0.05) is 24.1 Å². The fraction of sp³-hybridized carbons (Fsp3) is 0.0769. The third-order valence-electron chi connectivity index (χ3n) is 2.30. The Morgan fingerprint density at radius 1 is 1.44 bits per heavy atom. The van der Waals surface area contributed by atoms with Crippen LogP contribution in [0, 0.1) is 12.3 Å². The van der Waals surface area contributed by atoms with Crippen LogP contribution in [0.2, 0.25) is 0 Å². The molecular weight excluding hydrogens is 200 g/mol. The van der Waals surface area contributed by atoms with Gasteiger partial charge in [0.05, 0.1) is 11.9 Å². The molecule has 0 saturated carbocycles. The highest BCUT2D eigenvalue weighted by atomic mass is 16.1. The third-order valence-corrected chi connectivity index (χ3v) is 2.30. The van der Waals surface area contributed by atoms with E-state index in [2.05, 4.69) is 10.9 Å². The van der Waals surface area contributed by atoms with Crippen LogP contribution in [0.4, 0.5) is 5.69 Å². The van der Waals surface area contributed by atoms with E-state index in [1.54, 1.807) is 6.07 Å². The molecule has 0 spiro atoms. The Hall–Kier alpha value is -2.34. The highest BCUT2D eigenvalue weighted by Crippen LogP contribution is 2.20. The number of para-hydroxylation sites is 1. The van der Waals surface area contributed by atoms with Gasteiger partial charge in [0.2, 0.25) is 0 Å². The molecule has 78 valence electrons. The minimum Gasteiger partial charge on any atom is -0.398 e. The normalized spacial score (nSPS) is 9.94. The van der Waals surface area contributed by atoms with Crippen LogP contribution in [0.25, 0.3) is 10.9 Å². The lowest BCUT2D eigenvalue weighted by Gasteiger charge is -2.04. The van der Waals surface area contributed by atoms with Crippen molar-refractivity contribution in [3.8, 4) is 12.3 Å². The molecule has 0 amide bonds. The lowest BCUT2D eigenvalue weighted by atomic mass is 10.1. The summed E-state index contributed by atoms with van der Waals surface area (Å²) in [7, 11) is 0. The second kappa shape index (κ2) is 4.03. The lowest BCUT2D eigenvalue weighted by Crippen LogP contribution is -2.03. The maximum atomic E-state index is 11.6. The topological polar surface area (TPSA) is 56.0 Å². The van der Waals surface area contributed by atoms with Gasteiger partial charge >= 0.3 is 0 Å². The molecule has 0 aliphatic heterocycles. The second-order valence-corrected chi connectivity index (χ2v) is 3.42. The molecule has 2 aromatic rings. The largest absolute Gasteiger partial charge is 0.398 e. The summed E-state index contributed by atoms with van der Waals surface area (Å²) in [5, 5.41) is 0.847. The Bertz CT molecular complexity index is 596. The van der Waals surface area contributed by atoms with E-state index in [4.69, 9.17) is 12.2 Å². The van der Waals surface area contributed by atoms with Crippen molar-refractivity contribution in [2.75, 3.05) is 5.73 Å². The zero-order valence-electron chi connectivity index (χ0n) is 8.60. The monoisotopic (exact) mass is 210 g/mol. The lowest BCUT2D eigenvalue weighted by molar-refractivity contribution is 0.0994. The molecule has 1 aromatic heterocycles. The number of nitrogens with zero attached hydrogens (tertiary/aromatic N) is 1. The van der Waals surface area contributed by atoms with Crippen molar-refractivity contribution in [2.24, 2.45) is 0 Å². The molecule has 0 saturated heterocycles. The number of rotatable bonds is 2. The third kappa shape index (κ3) is 1.73. The SMILES string of the molecule is C#CCC(=O)c1cc(N)c2ccccc2n1. The van der Waals surface area contributed by atoms with Gasteiger partial charge in [0.1, 0.15) is 5.69 Å². The van der Waals surface area contributed by atoms with Gasteiger partial charge in [-0.2, -0.15) is 0 Å². The van der Waals surface area contributed by atoms with E-state index in [9.17, 15) is 4.79 Å². The first-order chi connectivity index (χ1) is 7.72. The number of nitrogen functional groups attached to an aromatic ring is 1. The van der Waals surface area contributed by atoms with Gasteiger partial charge in [-0.05, 0) is 12.1 Å². The Morgan fingerprint density at radius 3 is 2.94 bits per heavy atom. The first-order valence-electron chi connectivity index (χ1n) is 4.84. The number of carbonyl (C=O) groups is 1. The van der Waals surface area contributed by atoms with Crippen molar-refractivity contribution in [1.29, 1.82) is 0 Å². The summed E-state index contributed by atoms with van der Waals surface area (Å²) in [5.41, 5.74) is 7.43. The van der Waals surface area contributed by atoms with Crippen molar-refractivity contribution in [2.45, 2.75) is 6.42 Å². The number of aromatic nitrogens is 1. The molecule has 3 nitrogen and oxygen atoms in total. The average molecular weight is 210 g/mol. The van der Waals surface area contributed by atoms with Crippen molar-refractivity contribution >= 4 is 22.4 Å². The van der Waals surface area contributed by atoms with Gasteiger partial charge in [-0.25, -0.2) is 4.98 Å². The summed E-state index contributed by atoms with van der Waals surface area (Å²) in [6.45, 7) is 0. The number of hydrogen-bond acceptors (Lipinski definition) is 3. The molecule has 16 heavy (non-hydrogen) atoms. The van der Waals surface area contributed by atoms with Crippen LogP contribution in [-0.4, -0.2) is 10.8 Å². The van der Waals surface area contributed by atoms with Gasteiger partial charge in [-0.15, -0.1) is 6.42 Å². The fourth-order valence-electron chi connectivity index (χ4n) is 1.53. The van der Waals surface area contributed by atoms with Crippen LogP contribution in [0.1, 0.15) is 16.9 Å². The van der Waals surface area contributed by atoms with Crippen molar-refractivity contribution < 1.29 is 4.79 Å². The number of pyridine rings is 1. The summed E-state index contributed by atoms with van der Waals surface area (Å²) in [6.07, 6.45) is 5.13. The van der Waals surface area contributed by atoms with E-state index < -0.39 is 0 Å². The van der Waals surface area contributed by atoms with E-state index in [1.807, 2.05) is 24.3 Å². The van der Waals surface area contributed by atoms with Crippen LogP contribution in [0.5, 0.6) is 0 Å². The molecule has 0 bridgehead atoms. The first kappa shape index (κ1) is 10.2. The predicted molar refractivity (Wildman–Crippen MR) is 63.9 cm³/mol. The molecular formula is C13H10N2O. The molecule has 0 atom stereocenters. The molecule has 0 radical (unpaired) electrons. The Balaban J connectivity index is 2.59. The summed E-state index contributed by atoms with van der Waals surface area (Å²) in [5.74, 6) is 2.12. The Morgan fingerprint density at radius 2 is 2.19 bits per heavy atom. The standard InChI is InChI=1S/C13H10N2O/c1-2-5-13(16)12-8-10(14)9-6-3-4-7-11(9)15-12/h1,3-4,6-8H,5H2,(H2,14,15). The smallest absolute Gasteiger partial charge is 0.193 e. The van der Waals surface area contributed by atoms with Gasteiger partial charge < -0.3 is 5.73 Å². The number of carbonyl (C=O) groups excluding carboxylic acids is 1. The molecule has 2 rings (SSSR count). The van der Waals surface area contributed by atoms with E-state index in [0.717, 1.165) is 5.39 Å². The van der Waals surface area contributed by atoms with Gasteiger partial charge in [-0.3, -0.25) is 4.79 Å². The molecule has 3 heteroatoms. The van der Waals surface area contributed by atoms with Crippen molar-refractivity contribution in [3.63, 3.8) is 0 Å². The molecule has 2 N–H and O–H groups in total. The highest BCUT2D eigenvalue weighted by molar-refractivity contribution is 6.01. The number of nitrogens with two attached hydrogens (primary N) is 1. The number of terminal acetylenes is 1. The summed E-state index contributed by atoms with van der Waals surface area (Å²) in [6, 6.07) is 8.99. The number of hydrogen-bond donors (Lipinski definition) is 1. The molecule has 0 aliphatic carbocycles. The van der Waals surface area contributed by atoms with Gasteiger partial charge in [0.25, 0.3) is 0 Å². The Kier molecular flexibility index (Phi) is 2.57. The van der Waals surface area contributed by atoms with Crippen molar-refractivity contribution in [1.82, 2.24) is 4.98 Å². The number of anilines is 1. The number of fused-ring (bicyclic) bond motifs is 1. The van der Waals surface area contributed by atoms with E-state index >= 15 is 0 Å². The van der Waals surface area contributed by atoms with Gasteiger partial charge in [0, 0.05) is 11.1 Å². The second-order valence-electron chi connectivity index (χ2n) is 3.42. The first-order valence-corrected chi connectivity index (χ1v) is 4.84. The zero-order valence-corrected chi connectivity index (χ0v) is 8.60. The summed E-state index contributed by atoms with van der Waals surface area (Å²) < 4.78 is 0. The maximum absolute atomic E-state index is 11.6. The van der Waals surface area contributed by atoms with Crippen LogP contribution >= 0.6 is 0 Å². The van der Waals surface area contributed by atoms with E-state index in [0.29, 0.717) is 16.9 Å². The minimum atomic E-state index is -0.181. The molecule has 0 unspecified atom stereocenters. The minimum absolute atomic E-state index is 0.0464. The molecule has 1 aromatic carbocycles. The number of ketones is 1. The van der Waals surface area contributed by atoms with Crippen LogP contribution in [-0.2, 0) is 0 Å². The average Bonchev–Trinajstić information content (AvgIpc) is 2.29. The van der Waals surface area contributed by atoms with E-state index in [-0.39, 0.29) is 12.2 Å². The maximum Gasteiger partial charge on any atom is 0.193 e. The Labute approximate surface area is 93.3 Å². The summed E-state index contributed by atoms with van der Waals surface area (Å²) >= 11 is 0. The predicted octanol–water partition coefficient (Wildman–Crippen LogP) is 2.02. The zero-order chi connectivity index (χ0) is 11.5. The van der Waals surface area contributed by atoms with Crippen LogP contribution in [0.15, 0.2) is 30.3 Å². The quantitative estimate of drug-likeness (QED) is 0.609.